The van der Waals surface area contributed by atoms with E-state index in [0.29, 0.717) is 45.6 Å². The molecule has 0 radical (unpaired) electrons. The van der Waals surface area contributed by atoms with Gasteiger partial charge in [0, 0.05) is 10.8 Å². The molecule has 2 rings (SSSR count). The number of ether oxygens (including phenoxy) is 6. The second-order valence-electron chi connectivity index (χ2n) is 9.24. The van der Waals surface area contributed by atoms with Gasteiger partial charge in [-0.1, -0.05) is 45.3 Å². The van der Waals surface area contributed by atoms with E-state index < -0.39 is 10.8 Å². The maximum atomic E-state index is 6.03. The van der Waals surface area contributed by atoms with Gasteiger partial charge in [0.05, 0.1) is 53.8 Å². The Labute approximate surface area is 221 Å². The van der Waals surface area contributed by atoms with Gasteiger partial charge in [-0.2, -0.15) is 0 Å². The van der Waals surface area contributed by atoms with Gasteiger partial charge in [0.1, 0.15) is 0 Å². The molecule has 0 aliphatic rings. The summed E-state index contributed by atoms with van der Waals surface area (Å²) in [5, 5.41) is 0. The highest BCUT2D eigenvalue weighted by Gasteiger charge is 2.31. The Balaban J connectivity index is 2.82. The van der Waals surface area contributed by atoms with Crippen LogP contribution in [0.1, 0.15) is 38.8 Å². The second-order valence-corrected chi connectivity index (χ2v) is 9.24. The van der Waals surface area contributed by atoms with E-state index in [2.05, 4.69) is 17.6 Å². The normalized spacial score (nSPS) is 10.8. The predicted molar refractivity (Wildman–Crippen MR) is 146 cm³/mol. The highest BCUT2D eigenvalue weighted by molar-refractivity contribution is 5.60. The maximum absolute atomic E-state index is 6.03. The molecule has 0 N–H and O–H groups in total. The summed E-state index contributed by atoms with van der Waals surface area (Å²) >= 11 is 0. The molecule has 0 aromatic heterocycles. The van der Waals surface area contributed by atoms with Crippen LogP contribution in [0.2, 0.25) is 0 Å². The molecular weight excluding hydrogens is 468 g/mol. The van der Waals surface area contributed by atoms with Crippen LogP contribution in [0.15, 0.2) is 41.1 Å². The lowest BCUT2D eigenvalue weighted by molar-refractivity contribution is 0.323. The van der Waals surface area contributed by atoms with Gasteiger partial charge in [-0.25, -0.2) is 0 Å². The number of benzene rings is 2. The molecule has 2 aromatic carbocycles. The zero-order valence-corrected chi connectivity index (χ0v) is 23.4. The minimum Gasteiger partial charge on any atom is -0.493 e. The van der Waals surface area contributed by atoms with Crippen molar-refractivity contribution in [3.63, 3.8) is 0 Å². The van der Waals surface area contributed by atoms with Crippen LogP contribution >= 0.6 is 0 Å². The highest BCUT2D eigenvalue weighted by atomic mass is 16.5. The molecule has 0 amide bonds. The summed E-state index contributed by atoms with van der Waals surface area (Å²) in [4.78, 5) is 0. The molecule has 0 saturated heterocycles. The average Bonchev–Trinajstić information content (AvgIpc) is 2.91. The molecule has 6 heteroatoms. The fourth-order valence-electron chi connectivity index (χ4n) is 4.04. The van der Waals surface area contributed by atoms with Crippen LogP contribution in [-0.4, -0.2) is 42.7 Å². The van der Waals surface area contributed by atoms with Crippen LogP contribution in [-0.2, 0) is 10.8 Å². The standard InChI is InChI=1S/C31H36O6/c1-13-20(30(3,4)22-16-24(32-7)28(36-11)25(17-22)33-8)15-21(14-2)31(5,6)23-18-26(34-9)29(37-12)27(19-23)35-10/h1-2,16-19H,3-12H3. The fraction of sp³-hybridized carbons (Fsp3) is 0.387. The van der Waals surface area contributed by atoms with Crippen molar-refractivity contribution in [3.8, 4) is 59.2 Å². The Hall–Kier alpha value is -4.12. The Bertz CT molecular complexity index is 1150. The third-order valence-electron chi connectivity index (χ3n) is 6.56. The SMILES string of the molecule is C#CC(=C=C(C#C)C(C)(C)c1cc(OC)c(OC)c(OC)c1)C(C)(C)c1cc(OC)c(OC)c(OC)c1. The van der Waals surface area contributed by atoms with E-state index in [9.17, 15) is 0 Å². The van der Waals surface area contributed by atoms with Gasteiger partial charge in [-0.15, -0.1) is 12.8 Å². The highest BCUT2D eigenvalue weighted by Crippen LogP contribution is 2.45. The molecule has 37 heavy (non-hydrogen) atoms. The van der Waals surface area contributed by atoms with Crippen LogP contribution in [0.5, 0.6) is 34.5 Å². The summed E-state index contributed by atoms with van der Waals surface area (Å²) in [7, 11) is 9.41. The summed E-state index contributed by atoms with van der Waals surface area (Å²) in [5.41, 5.74) is 4.86. The topological polar surface area (TPSA) is 55.4 Å². The number of methoxy groups -OCH3 is 6. The van der Waals surface area contributed by atoms with Crippen LogP contribution in [0, 0.1) is 24.7 Å². The first-order valence-corrected chi connectivity index (χ1v) is 11.6. The zero-order valence-electron chi connectivity index (χ0n) is 23.4. The minimum atomic E-state index is -0.672. The molecule has 0 fully saturated rings. The molecule has 2 aromatic rings. The fourth-order valence-corrected chi connectivity index (χ4v) is 4.04. The van der Waals surface area contributed by atoms with E-state index >= 15 is 0 Å². The third kappa shape index (κ3) is 5.51. The van der Waals surface area contributed by atoms with Gasteiger partial charge in [-0.05, 0) is 35.4 Å². The van der Waals surface area contributed by atoms with E-state index in [1.165, 1.54) is 0 Å². The lowest BCUT2D eigenvalue weighted by Crippen LogP contribution is -2.22. The van der Waals surface area contributed by atoms with Crippen molar-refractivity contribution < 1.29 is 28.4 Å². The number of hydrogen-bond donors (Lipinski definition) is 0. The quantitative estimate of drug-likeness (QED) is 0.305. The van der Waals surface area contributed by atoms with Crippen molar-refractivity contribution in [2.45, 2.75) is 38.5 Å². The van der Waals surface area contributed by atoms with E-state index in [1.54, 1.807) is 42.7 Å². The average molecular weight is 505 g/mol. The summed E-state index contributed by atoms with van der Waals surface area (Å²) < 4.78 is 33.1. The first-order valence-electron chi connectivity index (χ1n) is 11.6. The molecule has 0 spiro atoms. The van der Waals surface area contributed by atoms with Crippen molar-refractivity contribution in [1.29, 1.82) is 0 Å². The number of rotatable bonds is 10. The smallest absolute Gasteiger partial charge is 0.203 e. The first-order chi connectivity index (χ1) is 17.5. The largest absolute Gasteiger partial charge is 0.493 e. The van der Waals surface area contributed by atoms with Crippen molar-refractivity contribution in [1.82, 2.24) is 0 Å². The number of hydrogen-bond acceptors (Lipinski definition) is 6. The van der Waals surface area contributed by atoms with Crippen LogP contribution < -0.4 is 28.4 Å². The lowest BCUT2D eigenvalue weighted by Gasteiger charge is -2.28. The minimum absolute atomic E-state index is 0.499. The van der Waals surface area contributed by atoms with Crippen LogP contribution in [0.25, 0.3) is 0 Å². The molecule has 196 valence electrons. The summed E-state index contributed by atoms with van der Waals surface area (Å²) in [6.45, 7) is 7.99. The summed E-state index contributed by atoms with van der Waals surface area (Å²) in [6, 6.07) is 7.50. The molecule has 0 bridgehead atoms. The summed E-state index contributed by atoms with van der Waals surface area (Å²) in [5.74, 6) is 8.72. The van der Waals surface area contributed by atoms with Crippen LogP contribution in [0.4, 0.5) is 0 Å². The molecular formula is C31H36O6. The zero-order chi connectivity index (χ0) is 28.0. The van der Waals surface area contributed by atoms with Gasteiger partial charge in [0.25, 0.3) is 0 Å². The van der Waals surface area contributed by atoms with Gasteiger partial charge >= 0.3 is 0 Å². The molecule has 0 unspecified atom stereocenters. The van der Waals surface area contributed by atoms with Gasteiger partial charge < -0.3 is 28.4 Å². The van der Waals surface area contributed by atoms with Crippen molar-refractivity contribution in [3.05, 3.63) is 52.3 Å². The maximum Gasteiger partial charge on any atom is 0.203 e. The van der Waals surface area contributed by atoms with Gasteiger partial charge in [-0.3, -0.25) is 0 Å². The molecule has 0 aliphatic carbocycles. The number of terminal acetylenes is 2. The van der Waals surface area contributed by atoms with Crippen molar-refractivity contribution in [2.75, 3.05) is 42.7 Å². The molecule has 0 saturated carbocycles. The molecule has 0 aliphatic heterocycles. The predicted octanol–water partition coefficient (Wildman–Crippen LogP) is 5.71. The first kappa shape index (κ1) is 29.1. The molecule has 0 heterocycles. The lowest BCUT2D eigenvalue weighted by atomic mass is 9.74. The molecule has 6 nitrogen and oxygen atoms in total. The Morgan fingerprint density at radius 1 is 0.541 bits per heavy atom. The van der Waals surface area contributed by atoms with Gasteiger partial charge in [0.15, 0.2) is 23.0 Å². The van der Waals surface area contributed by atoms with Crippen molar-refractivity contribution in [2.24, 2.45) is 0 Å². The van der Waals surface area contributed by atoms with E-state index in [4.69, 9.17) is 41.3 Å². The molecule has 0 atom stereocenters. The number of allylic oxidation sites excluding steroid dienone is 1. The van der Waals surface area contributed by atoms with Crippen LogP contribution in [0.3, 0.4) is 0 Å². The van der Waals surface area contributed by atoms with E-state index in [-0.39, 0.29) is 0 Å². The van der Waals surface area contributed by atoms with E-state index in [0.717, 1.165) is 11.1 Å². The Morgan fingerprint density at radius 3 is 1.00 bits per heavy atom. The second kappa shape index (κ2) is 11.7. The Morgan fingerprint density at radius 2 is 0.811 bits per heavy atom. The monoisotopic (exact) mass is 504 g/mol. The van der Waals surface area contributed by atoms with Gasteiger partial charge in [0.2, 0.25) is 11.5 Å². The van der Waals surface area contributed by atoms with Crippen molar-refractivity contribution >= 4 is 0 Å². The summed E-state index contributed by atoms with van der Waals surface area (Å²) in [6.07, 6.45) is 12.1. The van der Waals surface area contributed by atoms with E-state index in [1.807, 2.05) is 52.0 Å². The third-order valence-corrected chi connectivity index (χ3v) is 6.56. The Kier molecular flexibility index (Phi) is 9.24.